The molecule has 0 saturated heterocycles. The van der Waals surface area contributed by atoms with Gasteiger partial charge >= 0.3 is 0 Å². The molecule has 0 aliphatic carbocycles. The van der Waals surface area contributed by atoms with Crippen molar-refractivity contribution >= 4 is 17.4 Å². The van der Waals surface area contributed by atoms with Crippen LogP contribution in [0.2, 0.25) is 0 Å². The molecule has 0 aromatic heterocycles. The lowest BCUT2D eigenvalue weighted by Crippen LogP contribution is -2.15. The highest BCUT2D eigenvalue weighted by Gasteiger charge is 2.11. The van der Waals surface area contributed by atoms with Gasteiger partial charge in [0.15, 0.2) is 11.6 Å². The van der Waals surface area contributed by atoms with E-state index < -0.39 is 11.6 Å². The van der Waals surface area contributed by atoms with Gasteiger partial charge in [-0.1, -0.05) is 6.92 Å². The molecule has 0 aliphatic rings. The van der Waals surface area contributed by atoms with Crippen LogP contribution in [-0.4, -0.2) is 18.6 Å². The van der Waals surface area contributed by atoms with Crippen molar-refractivity contribution in [3.63, 3.8) is 0 Å². The van der Waals surface area contributed by atoms with E-state index in [-0.39, 0.29) is 11.3 Å². The number of halogens is 2. The second-order valence-corrected chi connectivity index (χ2v) is 4.78. The second-order valence-electron chi connectivity index (χ2n) is 3.87. The maximum Gasteiger partial charge on any atom is 0.150 e. The molecular formula is C12H14F2N2S. The number of hydrogen-bond donors (Lipinski definition) is 1. The Hall–Kier alpha value is -1.28. The third-order valence-corrected chi connectivity index (χ3v) is 3.15. The van der Waals surface area contributed by atoms with E-state index in [2.05, 4.69) is 5.32 Å². The Morgan fingerprint density at radius 3 is 2.47 bits per heavy atom. The quantitative estimate of drug-likeness (QED) is 0.878. The summed E-state index contributed by atoms with van der Waals surface area (Å²) in [5.74, 6) is -0.206. The first-order chi connectivity index (χ1) is 8.08. The van der Waals surface area contributed by atoms with Gasteiger partial charge in [-0.05, 0) is 30.1 Å². The van der Waals surface area contributed by atoms with Crippen molar-refractivity contribution in [1.82, 2.24) is 0 Å². The van der Waals surface area contributed by atoms with Crippen LogP contribution in [0.15, 0.2) is 12.1 Å². The SMILES string of the molecule is CSCC(C)CNc1c(F)cc(C#N)cc1F. The molecule has 0 radical (unpaired) electrons. The van der Waals surface area contributed by atoms with Crippen LogP contribution < -0.4 is 5.32 Å². The van der Waals surface area contributed by atoms with Gasteiger partial charge in [0, 0.05) is 6.54 Å². The molecule has 0 fully saturated rings. The van der Waals surface area contributed by atoms with Crippen molar-refractivity contribution in [1.29, 1.82) is 5.26 Å². The number of nitrogens with zero attached hydrogens (tertiary/aromatic N) is 1. The van der Waals surface area contributed by atoms with Crippen molar-refractivity contribution < 1.29 is 8.78 Å². The van der Waals surface area contributed by atoms with Crippen molar-refractivity contribution in [2.45, 2.75) is 6.92 Å². The Kier molecular flexibility index (Phi) is 5.23. The van der Waals surface area contributed by atoms with Crippen molar-refractivity contribution in [3.05, 3.63) is 29.3 Å². The minimum Gasteiger partial charge on any atom is -0.380 e. The van der Waals surface area contributed by atoms with Crippen LogP contribution >= 0.6 is 11.8 Å². The summed E-state index contributed by atoms with van der Waals surface area (Å²) >= 11 is 1.69. The summed E-state index contributed by atoms with van der Waals surface area (Å²) in [6.45, 7) is 2.50. The van der Waals surface area contributed by atoms with Gasteiger partial charge < -0.3 is 5.32 Å². The Morgan fingerprint density at radius 1 is 1.41 bits per heavy atom. The molecule has 1 unspecified atom stereocenters. The fraction of sp³-hybridized carbons (Fsp3) is 0.417. The van der Waals surface area contributed by atoms with Crippen LogP contribution in [0, 0.1) is 28.9 Å². The van der Waals surface area contributed by atoms with Gasteiger partial charge in [-0.15, -0.1) is 0 Å². The van der Waals surface area contributed by atoms with Gasteiger partial charge in [-0.25, -0.2) is 8.78 Å². The third kappa shape index (κ3) is 3.90. The Balaban J connectivity index is 2.75. The Morgan fingerprint density at radius 2 is 2.00 bits per heavy atom. The zero-order valence-corrected chi connectivity index (χ0v) is 10.6. The lowest BCUT2D eigenvalue weighted by Gasteiger charge is -2.13. The predicted molar refractivity (Wildman–Crippen MR) is 67.1 cm³/mol. The largest absolute Gasteiger partial charge is 0.380 e. The standard InChI is InChI=1S/C12H14F2N2S/c1-8(7-17-2)6-16-12-10(13)3-9(5-15)4-11(12)14/h3-4,8,16H,6-7H2,1-2H3. The molecule has 0 spiro atoms. The van der Waals surface area contributed by atoms with E-state index in [0.717, 1.165) is 17.9 Å². The number of thioether (sulfide) groups is 1. The van der Waals surface area contributed by atoms with Gasteiger partial charge in [-0.2, -0.15) is 17.0 Å². The fourth-order valence-corrected chi connectivity index (χ4v) is 2.11. The van der Waals surface area contributed by atoms with Crippen LogP contribution in [0.1, 0.15) is 12.5 Å². The van der Waals surface area contributed by atoms with E-state index in [1.807, 2.05) is 13.2 Å². The highest BCUT2D eigenvalue weighted by atomic mass is 32.2. The van der Waals surface area contributed by atoms with E-state index in [4.69, 9.17) is 5.26 Å². The average molecular weight is 256 g/mol. The Labute approximate surface area is 104 Å². The maximum atomic E-state index is 13.5. The summed E-state index contributed by atoms with van der Waals surface area (Å²) in [5, 5.41) is 11.3. The molecule has 1 rings (SSSR count). The fourth-order valence-electron chi connectivity index (χ4n) is 1.43. The van der Waals surface area contributed by atoms with Crippen molar-refractivity contribution in [3.8, 4) is 6.07 Å². The molecule has 1 atom stereocenters. The molecule has 0 saturated carbocycles. The molecule has 0 bridgehead atoms. The number of hydrogen-bond acceptors (Lipinski definition) is 3. The average Bonchev–Trinajstić information content (AvgIpc) is 2.28. The van der Waals surface area contributed by atoms with Crippen molar-refractivity contribution in [2.75, 3.05) is 23.9 Å². The van der Waals surface area contributed by atoms with Crippen molar-refractivity contribution in [2.24, 2.45) is 5.92 Å². The number of nitrogens with one attached hydrogen (secondary N) is 1. The van der Waals surface area contributed by atoms with E-state index >= 15 is 0 Å². The molecule has 2 nitrogen and oxygen atoms in total. The highest BCUT2D eigenvalue weighted by molar-refractivity contribution is 7.98. The van der Waals surface area contributed by atoms with Gasteiger partial charge in [-0.3, -0.25) is 0 Å². The molecule has 17 heavy (non-hydrogen) atoms. The summed E-state index contributed by atoms with van der Waals surface area (Å²) in [4.78, 5) is 0. The van der Waals surface area contributed by atoms with Gasteiger partial charge in [0.25, 0.3) is 0 Å². The molecule has 1 N–H and O–H groups in total. The summed E-state index contributed by atoms with van der Waals surface area (Å²) in [7, 11) is 0. The van der Waals surface area contributed by atoms with E-state index in [9.17, 15) is 8.78 Å². The number of nitriles is 1. The number of benzene rings is 1. The predicted octanol–water partition coefficient (Wildman–Crippen LogP) is 3.25. The van der Waals surface area contributed by atoms with Crippen LogP contribution in [-0.2, 0) is 0 Å². The molecule has 1 aromatic carbocycles. The summed E-state index contributed by atoms with van der Waals surface area (Å²) < 4.78 is 27.0. The van der Waals surface area contributed by atoms with E-state index in [1.54, 1.807) is 17.8 Å². The first-order valence-corrected chi connectivity index (χ1v) is 6.59. The maximum absolute atomic E-state index is 13.5. The molecular weight excluding hydrogens is 242 g/mol. The molecule has 0 amide bonds. The lowest BCUT2D eigenvalue weighted by atomic mass is 10.1. The third-order valence-electron chi connectivity index (χ3n) is 2.25. The van der Waals surface area contributed by atoms with E-state index in [1.165, 1.54) is 0 Å². The number of anilines is 1. The molecule has 0 heterocycles. The lowest BCUT2D eigenvalue weighted by molar-refractivity contribution is 0.582. The van der Waals surface area contributed by atoms with Crippen LogP contribution in [0.3, 0.4) is 0 Å². The minimum absolute atomic E-state index is 0.0114. The van der Waals surface area contributed by atoms with Crippen LogP contribution in [0.25, 0.3) is 0 Å². The van der Waals surface area contributed by atoms with Gasteiger partial charge in [0.2, 0.25) is 0 Å². The zero-order valence-electron chi connectivity index (χ0n) is 9.76. The highest BCUT2D eigenvalue weighted by Crippen LogP contribution is 2.21. The summed E-state index contributed by atoms with van der Waals surface area (Å²) in [5.41, 5.74) is -0.167. The normalized spacial score (nSPS) is 11.9. The number of rotatable bonds is 5. The molecule has 92 valence electrons. The molecule has 5 heteroatoms. The summed E-state index contributed by atoms with van der Waals surface area (Å²) in [6.07, 6.45) is 1.99. The van der Waals surface area contributed by atoms with Gasteiger partial charge in [0.1, 0.15) is 5.69 Å². The minimum atomic E-state index is -0.724. The monoisotopic (exact) mass is 256 g/mol. The summed E-state index contributed by atoms with van der Waals surface area (Å²) in [6, 6.07) is 3.77. The van der Waals surface area contributed by atoms with Crippen LogP contribution in [0.5, 0.6) is 0 Å². The van der Waals surface area contributed by atoms with Gasteiger partial charge in [0.05, 0.1) is 11.6 Å². The molecule has 0 aliphatic heterocycles. The first-order valence-electron chi connectivity index (χ1n) is 5.20. The van der Waals surface area contributed by atoms with Crippen LogP contribution in [0.4, 0.5) is 14.5 Å². The second kappa shape index (κ2) is 6.45. The topological polar surface area (TPSA) is 35.8 Å². The smallest absolute Gasteiger partial charge is 0.150 e. The Bertz CT molecular complexity index is 406. The van der Waals surface area contributed by atoms with E-state index in [0.29, 0.717) is 12.5 Å². The molecule has 1 aromatic rings. The first kappa shape index (κ1) is 13.8. The zero-order chi connectivity index (χ0) is 12.8.